The number of hydrogen-bond acceptors (Lipinski definition) is 4. The van der Waals surface area contributed by atoms with Crippen LogP contribution >= 0.6 is 11.3 Å². The zero-order chi connectivity index (χ0) is 10.6. The van der Waals surface area contributed by atoms with E-state index >= 15 is 0 Å². The molecule has 0 fully saturated rings. The van der Waals surface area contributed by atoms with Gasteiger partial charge in [-0.25, -0.2) is 4.98 Å². The quantitative estimate of drug-likeness (QED) is 0.790. The van der Waals surface area contributed by atoms with Crippen LogP contribution in [-0.4, -0.2) is 23.2 Å². The number of anilines is 1. The largest absolute Gasteiger partial charge is 0.396 e. The molecular formula is C10H18N2OS. The summed E-state index contributed by atoms with van der Waals surface area (Å²) in [5.74, 6) is 0. The lowest BCUT2D eigenvalue weighted by Gasteiger charge is -2.23. The minimum absolute atomic E-state index is 0.119. The van der Waals surface area contributed by atoms with E-state index in [1.54, 1.807) is 11.3 Å². The first-order valence-corrected chi connectivity index (χ1v) is 5.68. The Kier molecular flexibility index (Phi) is 3.89. The van der Waals surface area contributed by atoms with E-state index in [4.69, 9.17) is 5.11 Å². The van der Waals surface area contributed by atoms with Crippen LogP contribution in [0.5, 0.6) is 0 Å². The first kappa shape index (κ1) is 11.5. The summed E-state index contributed by atoms with van der Waals surface area (Å²) in [7, 11) is 0. The minimum Gasteiger partial charge on any atom is -0.396 e. The molecule has 2 N–H and O–H groups in total. The Morgan fingerprint density at radius 3 is 2.79 bits per heavy atom. The highest BCUT2D eigenvalue weighted by molar-refractivity contribution is 7.13. The number of nitrogens with zero attached hydrogens (tertiary/aromatic N) is 1. The minimum atomic E-state index is 0.119. The zero-order valence-electron chi connectivity index (χ0n) is 9.00. The summed E-state index contributed by atoms with van der Waals surface area (Å²) in [6.07, 6.45) is 0.810. The van der Waals surface area contributed by atoms with Crippen LogP contribution in [0.25, 0.3) is 0 Å². The molecule has 0 aliphatic heterocycles. The van der Waals surface area contributed by atoms with Gasteiger partial charge in [0, 0.05) is 18.5 Å². The Balaban J connectivity index is 2.40. The predicted molar refractivity (Wildman–Crippen MR) is 60.8 cm³/mol. The van der Waals surface area contributed by atoms with Crippen molar-refractivity contribution in [1.29, 1.82) is 0 Å². The number of aliphatic hydroxyl groups is 1. The molecule has 80 valence electrons. The molecule has 0 aliphatic rings. The number of hydrogen-bond donors (Lipinski definition) is 2. The fourth-order valence-corrected chi connectivity index (χ4v) is 1.83. The number of nitrogens with one attached hydrogen (secondary N) is 1. The number of thiazole rings is 1. The molecule has 0 amide bonds. The maximum atomic E-state index is 8.86. The topological polar surface area (TPSA) is 45.1 Å². The molecule has 1 aromatic heterocycles. The highest BCUT2D eigenvalue weighted by Crippen LogP contribution is 2.22. The van der Waals surface area contributed by atoms with Crippen molar-refractivity contribution in [3.05, 3.63) is 11.1 Å². The predicted octanol–water partition coefficient (Wildman–Crippen LogP) is 2.27. The van der Waals surface area contributed by atoms with Gasteiger partial charge in [0.25, 0.3) is 0 Å². The van der Waals surface area contributed by atoms with E-state index in [2.05, 4.69) is 24.1 Å². The molecule has 3 nitrogen and oxygen atoms in total. The average Bonchev–Trinajstić information content (AvgIpc) is 2.48. The Morgan fingerprint density at radius 2 is 2.29 bits per heavy atom. The molecule has 0 unspecified atom stereocenters. The standard InChI is InChI=1S/C10H18N2OS/c1-8-6-14-9(12-8)11-7-10(2,3)4-5-13/h6,13H,4-5,7H2,1-3H3,(H,11,12). The van der Waals surface area contributed by atoms with E-state index < -0.39 is 0 Å². The van der Waals surface area contributed by atoms with Gasteiger partial charge in [0.05, 0.1) is 5.69 Å². The van der Waals surface area contributed by atoms with Crippen molar-refractivity contribution in [2.75, 3.05) is 18.5 Å². The van der Waals surface area contributed by atoms with Crippen molar-refractivity contribution in [3.63, 3.8) is 0 Å². The Morgan fingerprint density at radius 1 is 1.57 bits per heavy atom. The van der Waals surface area contributed by atoms with Crippen LogP contribution in [0, 0.1) is 12.3 Å². The Bertz CT molecular complexity index is 283. The number of aryl methyl sites for hydroxylation is 1. The second-order valence-electron chi connectivity index (χ2n) is 4.29. The van der Waals surface area contributed by atoms with Gasteiger partial charge in [-0.15, -0.1) is 11.3 Å². The van der Waals surface area contributed by atoms with Crippen LogP contribution in [0.4, 0.5) is 5.13 Å². The number of rotatable bonds is 5. The van der Waals surface area contributed by atoms with Crippen LogP contribution in [0.1, 0.15) is 26.0 Å². The SMILES string of the molecule is Cc1csc(NCC(C)(C)CCO)n1. The van der Waals surface area contributed by atoms with Crippen LogP contribution < -0.4 is 5.32 Å². The molecule has 0 aliphatic carbocycles. The fourth-order valence-electron chi connectivity index (χ4n) is 1.14. The average molecular weight is 214 g/mol. The summed E-state index contributed by atoms with van der Waals surface area (Å²) in [5.41, 5.74) is 1.17. The molecule has 14 heavy (non-hydrogen) atoms. The molecule has 0 aromatic carbocycles. The second-order valence-corrected chi connectivity index (χ2v) is 5.14. The third-order valence-electron chi connectivity index (χ3n) is 2.13. The second kappa shape index (κ2) is 4.75. The van der Waals surface area contributed by atoms with Gasteiger partial charge in [-0.05, 0) is 18.8 Å². The lowest BCUT2D eigenvalue weighted by atomic mass is 9.90. The van der Waals surface area contributed by atoms with E-state index in [1.807, 2.05) is 12.3 Å². The van der Waals surface area contributed by atoms with Crippen molar-refractivity contribution < 1.29 is 5.11 Å². The lowest BCUT2D eigenvalue weighted by Crippen LogP contribution is -2.24. The van der Waals surface area contributed by atoms with Gasteiger partial charge in [0.15, 0.2) is 5.13 Å². The van der Waals surface area contributed by atoms with Crippen molar-refractivity contribution >= 4 is 16.5 Å². The third kappa shape index (κ3) is 3.64. The maximum Gasteiger partial charge on any atom is 0.182 e. The van der Waals surface area contributed by atoms with Crippen LogP contribution in [0.2, 0.25) is 0 Å². The molecular weight excluding hydrogens is 196 g/mol. The van der Waals surface area contributed by atoms with E-state index in [0.717, 1.165) is 23.8 Å². The van der Waals surface area contributed by atoms with E-state index in [9.17, 15) is 0 Å². The van der Waals surface area contributed by atoms with Gasteiger partial charge in [-0.2, -0.15) is 0 Å². The van der Waals surface area contributed by atoms with E-state index in [-0.39, 0.29) is 12.0 Å². The normalized spacial score (nSPS) is 11.7. The molecule has 0 saturated carbocycles. The number of aliphatic hydroxyl groups excluding tert-OH is 1. The number of aromatic nitrogens is 1. The molecule has 0 atom stereocenters. The van der Waals surface area contributed by atoms with Gasteiger partial charge in [0.2, 0.25) is 0 Å². The zero-order valence-corrected chi connectivity index (χ0v) is 9.82. The molecule has 0 spiro atoms. The van der Waals surface area contributed by atoms with Gasteiger partial charge in [0.1, 0.15) is 0 Å². The van der Waals surface area contributed by atoms with Crippen molar-refractivity contribution in [2.45, 2.75) is 27.2 Å². The van der Waals surface area contributed by atoms with Crippen LogP contribution in [-0.2, 0) is 0 Å². The molecule has 0 radical (unpaired) electrons. The van der Waals surface area contributed by atoms with Crippen molar-refractivity contribution in [1.82, 2.24) is 4.98 Å². The summed E-state index contributed by atoms with van der Waals surface area (Å²) in [5, 5.41) is 15.1. The first-order chi connectivity index (χ1) is 6.53. The smallest absolute Gasteiger partial charge is 0.182 e. The summed E-state index contributed by atoms with van der Waals surface area (Å²) < 4.78 is 0. The van der Waals surface area contributed by atoms with Gasteiger partial charge in [-0.3, -0.25) is 0 Å². The molecule has 0 bridgehead atoms. The summed E-state index contributed by atoms with van der Waals surface area (Å²) in [6.45, 7) is 7.35. The summed E-state index contributed by atoms with van der Waals surface area (Å²) in [4.78, 5) is 4.32. The van der Waals surface area contributed by atoms with E-state index in [0.29, 0.717) is 0 Å². The third-order valence-corrected chi connectivity index (χ3v) is 3.04. The first-order valence-electron chi connectivity index (χ1n) is 4.80. The highest BCUT2D eigenvalue weighted by Gasteiger charge is 2.17. The molecule has 1 aromatic rings. The fraction of sp³-hybridized carbons (Fsp3) is 0.700. The molecule has 1 rings (SSSR count). The van der Waals surface area contributed by atoms with Gasteiger partial charge in [-0.1, -0.05) is 13.8 Å². The molecule has 0 saturated heterocycles. The van der Waals surface area contributed by atoms with E-state index in [1.165, 1.54) is 0 Å². The van der Waals surface area contributed by atoms with Crippen molar-refractivity contribution in [3.8, 4) is 0 Å². The summed E-state index contributed by atoms with van der Waals surface area (Å²) in [6, 6.07) is 0. The van der Waals surface area contributed by atoms with Crippen LogP contribution in [0.3, 0.4) is 0 Å². The maximum absolute atomic E-state index is 8.86. The van der Waals surface area contributed by atoms with Crippen LogP contribution in [0.15, 0.2) is 5.38 Å². The molecule has 4 heteroatoms. The van der Waals surface area contributed by atoms with Gasteiger partial charge < -0.3 is 10.4 Å². The Labute approximate surface area is 89.2 Å². The monoisotopic (exact) mass is 214 g/mol. The van der Waals surface area contributed by atoms with Gasteiger partial charge >= 0.3 is 0 Å². The van der Waals surface area contributed by atoms with Crippen molar-refractivity contribution in [2.24, 2.45) is 5.41 Å². The lowest BCUT2D eigenvalue weighted by molar-refractivity contribution is 0.220. The highest BCUT2D eigenvalue weighted by atomic mass is 32.1. The Hall–Kier alpha value is -0.610. The molecule has 1 heterocycles. The summed E-state index contributed by atoms with van der Waals surface area (Å²) >= 11 is 1.62.